The fourth-order valence-electron chi connectivity index (χ4n) is 3.22. The number of carboxylic acid groups (broad SMARTS) is 1. The molecule has 3 aromatic rings. The first kappa shape index (κ1) is 21.9. The predicted molar refractivity (Wildman–Crippen MR) is 115 cm³/mol. The third-order valence-corrected chi connectivity index (χ3v) is 5.57. The van der Waals surface area contributed by atoms with E-state index in [4.69, 9.17) is 9.47 Å². The van der Waals surface area contributed by atoms with E-state index >= 15 is 0 Å². The molecule has 3 rings (SSSR count). The quantitative estimate of drug-likeness (QED) is 0.523. The second-order valence-electron chi connectivity index (χ2n) is 7.17. The Morgan fingerprint density at radius 1 is 1.17 bits per heavy atom. The number of aliphatic hydroxyl groups excluding tert-OH is 1. The van der Waals surface area contributed by atoms with Gasteiger partial charge in [-0.3, -0.25) is 0 Å². The Morgan fingerprint density at radius 3 is 2.63 bits per heavy atom. The molecule has 0 radical (unpaired) electrons. The molecule has 0 bridgehead atoms. The molecule has 2 aromatic carbocycles. The molecule has 30 heavy (non-hydrogen) atoms. The highest BCUT2D eigenvalue weighted by molar-refractivity contribution is 7.07. The predicted octanol–water partition coefficient (Wildman–Crippen LogP) is 4.34. The maximum atomic E-state index is 11.1. The molecule has 1 aromatic heterocycles. The molecule has 0 saturated carbocycles. The van der Waals surface area contributed by atoms with Crippen LogP contribution in [0.4, 0.5) is 0 Å². The Labute approximate surface area is 180 Å². The maximum absolute atomic E-state index is 11.1. The normalized spacial score (nSPS) is 12.9. The lowest BCUT2D eigenvalue weighted by atomic mass is 9.99. The van der Waals surface area contributed by atoms with E-state index in [0.717, 1.165) is 16.7 Å². The highest BCUT2D eigenvalue weighted by atomic mass is 32.1. The van der Waals surface area contributed by atoms with E-state index in [1.54, 1.807) is 36.5 Å². The first-order valence-corrected chi connectivity index (χ1v) is 10.8. The van der Waals surface area contributed by atoms with Gasteiger partial charge in [-0.15, -0.1) is 0 Å². The standard InChI is InChI=1S/C24H26O5S/c1-16-5-3-4-6-20(16)22(9-10-24(26)27)29-23-13-19(7-8-21(23)17(2)25)28-14-18-11-12-30-15-18/h3-8,11-13,15,17,22,25H,9-10,14H2,1-2H3,(H,26,27)/p-1. The van der Waals surface area contributed by atoms with Crippen LogP contribution in [0.15, 0.2) is 59.3 Å². The minimum atomic E-state index is -1.12. The molecule has 6 heteroatoms. The molecule has 1 heterocycles. The van der Waals surface area contributed by atoms with Crippen LogP contribution in [0.1, 0.15) is 54.2 Å². The largest absolute Gasteiger partial charge is 0.550 e. The van der Waals surface area contributed by atoms with Gasteiger partial charge in [-0.1, -0.05) is 24.3 Å². The number of benzene rings is 2. The first-order valence-electron chi connectivity index (χ1n) is 9.82. The van der Waals surface area contributed by atoms with Crippen molar-refractivity contribution in [2.45, 2.75) is 45.5 Å². The number of aryl methyl sites for hydroxylation is 1. The van der Waals surface area contributed by atoms with Gasteiger partial charge in [0.25, 0.3) is 0 Å². The Bertz CT molecular complexity index is 965. The van der Waals surface area contributed by atoms with Gasteiger partial charge in [-0.2, -0.15) is 11.3 Å². The van der Waals surface area contributed by atoms with Crippen molar-refractivity contribution in [1.82, 2.24) is 0 Å². The smallest absolute Gasteiger partial charge is 0.129 e. The highest BCUT2D eigenvalue weighted by Crippen LogP contribution is 2.35. The minimum absolute atomic E-state index is 0.128. The molecule has 158 valence electrons. The first-order chi connectivity index (χ1) is 14.4. The lowest BCUT2D eigenvalue weighted by molar-refractivity contribution is -0.306. The monoisotopic (exact) mass is 425 g/mol. The molecule has 0 aliphatic carbocycles. The fourth-order valence-corrected chi connectivity index (χ4v) is 3.87. The summed E-state index contributed by atoms with van der Waals surface area (Å²) in [6, 6.07) is 15.0. The van der Waals surface area contributed by atoms with Crippen molar-refractivity contribution >= 4 is 17.3 Å². The number of hydrogen-bond donors (Lipinski definition) is 1. The maximum Gasteiger partial charge on any atom is 0.129 e. The van der Waals surface area contributed by atoms with Crippen molar-refractivity contribution in [3.8, 4) is 11.5 Å². The molecule has 0 saturated heterocycles. The van der Waals surface area contributed by atoms with Crippen LogP contribution < -0.4 is 14.6 Å². The van der Waals surface area contributed by atoms with E-state index in [9.17, 15) is 15.0 Å². The van der Waals surface area contributed by atoms with Crippen molar-refractivity contribution < 1.29 is 24.5 Å². The van der Waals surface area contributed by atoms with Gasteiger partial charge in [0, 0.05) is 17.6 Å². The van der Waals surface area contributed by atoms with Gasteiger partial charge in [0.15, 0.2) is 0 Å². The number of hydrogen-bond acceptors (Lipinski definition) is 6. The summed E-state index contributed by atoms with van der Waals surface area (Å²) in [5, 5.41) is 25.3. The third kappa shape index (κ3) is 5.84. The van der Waals surface area contributed by atoms with Gasteiger partial charge in [0.2, 0.25) is 0 Å². The van der Waals surface area contributed by atoms with Crippen LogP contribution >= 0.6 is 11.3 Å². The highest BCUT2D eigenvalue weighted by Gasteiger charge is 2.19. The number of thiophene rings is 1. The van der Waals surface area contributed by atoms with E-state index in [1.165, 1.54) is 0 Å². The molecule has 0 amide bonds. The summed E-state index contributed by atoms with van der Waals surface area (Å²) < 4.78 is 12.1. The SMILES string of the molecule is Cc1ccccc1C(CCC(=O)[O-])Oc1cc(OCc2ccsc2)ccc1C(C)O. The van der Waals surface area contributed by atoms with E-state index in [2.05, 4.69) is 0 Å². The molecular formula is C24H25O5S-. The van der Waals surface area contributed by atoms with Gasteiger partial charge in [-0.25, -0.2) is 0 Å². The molecule has 2 unspecified atom stereocenters. The number of ether oxygens (including phenoxy) is 2. The average molecular weight is 426 g/mol. The second kappa shape index (κ2) is 10.3. The number of aliphatic carboxylic acids is 1. The number of carboxylic acids is 1. The summed E-state index contributed by atoms with van der Waals surface area (Å²) in [6.45, 7) is 4.06. The minimum Gasteiger partial charge on any atom is -0.550 e. The molecule has 0 aliphatic heterocycles. The van der Waals surface area contributed by atoms with E-state index in [0.29, 0.717) is 23.7 Å². The van der Waals surface area contributed by atoms with Crippen molar-refractivity contribution in [2.24, 2.45) is 0 Å². The Hall–Kier alpha value is -2.83. The van der Waals surface area contributed by atoms with E-state index in [-0.39, 0.29) is 12.8 Å². The number of aliphatic hydroxyl groups is 1. The van der Waals surface area contributed by atoms with E-state index in [1.807, 2.05) is 48.0 Å². The lowest BCUT2D eigenvalue weighted by Crippen LogP contribution is -2.23. The van der Waals surface area contributed by atoms with Gasteiger partial charge >= 0.3 is 0 Å². The summed E-state index contributed by atoms with van der Waals surface area (Å²) in [5.74, 6) is -0.0377. The fraction of sp³-hybridized carbons (Fsp3) is 0.292. The van der Waals surface area contributed by atoms with Crippen LogP contribution in [0.3, 0.4) is 0 Å². The Morgan fingerprint density at radius 2 is 1.97 bits per heavy atom. The summed E-state index contributed by atoms with van der Waals surface area (Å²) >= 11 is 1.61. The zero-order valence-electron chi connectivity index (χ0n) is 17.0. The lowest BCUT2D eigenvalue weighted by Gasteiger charge is -2.24. The molecule has 0 aliphatic rings. The molecule has 0 fully saturated rings. The van der Waals surface area contributed by atoms with Crippen LogP contribution in [0.25, 0.3) is 0 Å². The van der Waals surface area contributed by atoms with Crippen molar-refractivity contribution in [1.29, 1.82) is 0 Å². The summed E-state index contributed by atoms with van der Waals surface area (Å²) in [5.41, 5.74) is 3.60. The van der Waals surface area contributed by atoms with Gasteiger partial charge < -0.3 is 24.5 Å². The topological polar surface area (TPSA) is 78.8 Å². The average Bonchev–Trinajstić information content (AvgIpc) is 3.23. The number of carbonyl (C=O) groups excluding carboxylic acids is 1. The van der Waals surface area contributed by atoms with Crippen LogP contribution in [-0.4, -0.2) is 11.1 Å². The molecule has 5 nitrogen and oxygen atoms in total. The number of rotatable bonds is 10. The molecule has 1 N–H and O–H groups in total. The van der Waals surface area contributed by atoms with Crippen molar-refractivity contribution in [3.05, 3.63) is 81.5 Å². The van der Waals surface area contributed by atoms with Gasteiger partial charge in [0.05, 0.1) is 6.10 Å². The van der Waals surface area contributed by atoms with Crippen LogP contribution in [-0.2, 0) is 11.4 Å². The molecule has 0 spiro atoms. The second-order valence-corrected chi connectivity index (χ2v) is 7.95. The van der Waals surface area contributed by atoms with Gasteiger partial charge in [0.1, 0.15) is 24.2 Å². The third-order valence-electron chi connectivity index (χ3n) is 4.84. The van der Waals surface area contributed by atoms with Crippen LogP contribution in [0.5, 0.6) is 11.5 Å². The van der Waals surface area contributed by atoms with Crippen LogP contribution in [0.2, 0.25) is 0 Å². The number of carbonyl (C=O) groups is 1. The zero-order valence-corrected chi connectivity index (χ0v) is 17.9. The van der Waals surface area contributed by atoms with Crippen LogP contribution in [0, 0.1) is 6.92 Å². The van der Waals surface area contributed by atoms with Crippen molar-refractivity contribution in [3.63, 3.8) is 0 Å². The zero-order chi connectivity index (χ0) is 21.5. The van der Waals surface area contributed by atoms with Gasteiger partial charge in [-0.05, 0) is 72.3 Å². The van der Waals surface area contributed by atoms with Crippen molar-refractivity contribution in [2.75, 3.05) is 0 Å². The summed E-state index contributed by atoms with van der Waals surface area (Å²) in [4.78, 5) is 11.1. The molecule has 2 atom stereocenters. The summed E-state index contributed by atoms with van der Waals surface area (Å²) in [7, 11) is 0. The Balaban J connectivity index is 1.88. The summed E-state index contributed by atoms with van der Waals surface area (Å²) in [6.07, 6.45) is -1.11. The van der Waals surface area contributed by atoms with E-state index < -0.39 is 18.2 Å². The Kier molecular flexibility index (Phi) is 7.49. The molecular weight excluding hydrogens is 400 g/mol.